The largest absolute Gasteiger partial charge is 0.345 e. The van der Waals surface area contributed by atoms with Crippen molar-refractivity contribution in [2.75, 3.05) is 18.1 Å². The molecule has 4 rings (SSSR count). The number of carbonyl (C=O) groups excluding carboxylic acids is 1. The molecule has 1 saturated heterocycles. The summed E-state index contributed by atoms with van der Waals surface area (Å²) in [6.45, 7) is 1.10. The van der Waals surface area contributed by atoms with Crippen LogP contribution < -0.4 is 15.4 Å². The van der Waals surface area contributed by atoms with Crippen LogP contribution in [-0.4, -0.2) is 27.5 Å². The fourth-order valence-electron chi connectivity index (χ4n) is 2.28. The van der Waals surface area contributed by atoms with Crippen molar-refractivity contribution in [1.82, 2.24) is 5.32 Å². The van der Waals surface area contributed by atoms with Crippen molar-refractivity contribution in [3.8, 4) is 11.1 Å². The zero-order valence-electron chi connectivity index (χ0n) is 11.7. The van der Waals surface area contributed by atoms with Crippen LogP contribution in [0, 0.1) is 0 Å². The average molecular weight is 317 g/mol. The van der Waals surface area contributed by atoms with E-state index < -0.39 is 10.0 Å². The van der Waals surface area contributed by atoms with Gasteiger partial charge in [-0.05, 0) is 23.8 Å². The van der Waals surface area contributed by atoms with Crippen molar-refractivity contribution in [2.24, 2.45) is 5.14 Å². The van der Waals surface area contributed by atoms with E-state index in [1.807, 2.05) is 41.3 Å². The zero-order chi connectivity index (χ0) is 15.7. The molecular weight excluding hydrogens is 302 g/mol. The van der Waals surface area contributed by atoms with Crippen LogP contribution in [0.3, 0.4) is 0 Å². The van der Waals surface area contributed by atoms with E-state index in [1.165, 1.54) is 0 Å². The van der Waals surface area contributed by atoms with Crippen molar-refractivity contribution in [2.45, 2.75) is 4.90 Å². The number of primary sulfonamides is 1. The van der Waals surface area contributed by atoms with E-state index in [2.05, 4.69) is 5.32 Å². The van der Waals surface area contributed by atoms with Gasteiger partial charge in [0, 0.05) is 11.3 Å². The molecule has 6 nitrogen and oxygen atoms in total. The number of carbonyl (C=O) groups is 1. The van der Waals surface area contributed by atoms with Gasteiger partial charge in [0.1, 0.15) is 0 Å². The highest BCUT2D eigenvalue weighted by atomic mass is 32.2. The minimum absolute atomic E-state index is 0.0962. The van der Waals surface area contributed by atoms with Gasteiger partial charge in [-0.25, -0.2) is 13.6 Å². The van der Waals surface area contributed by atoms with Crippen LogP contribution in [0.2, 0.25) is 0 Å². The number of para-hydroxylation sites is 1. The lowest BCUT2D eigenvalue weighted by atomic mass is 9.94. The predicted octanol–water partition coefficient (Wildman–Crippen LogP) is 0.895. The van der Waals surface area contributed by atoms with Crippen LogP contribution in [0.25, 0.3) is 11.1 Å². The summed E-state index contributed by atoms with van der Waals surface area (Å²) in [5.41, 5.74) is 2.86. The first kappa shape index (κ1) is 14.6. The fraction of sp³-hybridized carbons (Fsp3) is 0.133. The third-order valence-corrected chi connectivity index (χ3v) is 4.47. The molecular formula is C15H15N3O3S. The second kappa shape index (κ2) is 5.43. The molecule has 2 aliphatic carbocycles. The molecule has 0 saturated carbocycles. The number of fused-ring (bicyclic) bond motifs is 1. The fourth-order valence-corrected chi connectivity index (χ4v) is 3.06. The molecule has 1 aliphatic heterocycles. The Morgan fingerprint density at radius 3 is 2.18 bits per heavy atom. The van der Waals surface area contributed by atoms with Crippen LogP contribution in [-0.2, 0) is 14.8 Å². The van der Waals surface area contributed by atoms with Crippen LogP contribution in [0.1, 0.15) is 0 Å². The molecule has 3 aliphatic rings. The van der Waals surface area contributed by atoms with E-state index in [0.717, 1.165) is 16.8 Å². The summed E-state index contributed by atoms with van der Waals surface area (Å²) in [4.78, 5) is 13.1. The molecule has 1 heterocycles. The van der Waals surface area contributed by atoms with E-state index in [-0.39, 0.29) is 10.8 Å². The first-order valence-electron chi connectivity index (χ1n) is 6.69. The van der Waals surface area contributed by atoms with Gasteiger partial charge in [0.05, 0.1) is 18.1 Å². The second-order valence-corrected chi connectivity index (χ2v) is 6.58. The van der Waals surface area contributed by atoms with Gasteiger partial charge in [-0.2, -0.15) is 0 Å². The van der Waals surface area contributed by atoms with E-state index >= 15 is 0 Å². The van der Waals surface area contributed by atoms with Gasteiger partial charge in [-0.15, -0.1) is 0 Å². The number of hydrogen-bond donors (Lipinski definition) is 2. The summed E-state index contributed by atoms with van der Waals surface area (Å²) in [7, 11) is -3.44. The Labute approximate surface area is 128 Å². The Kier molecular flexibility index (Phi) is 3.59. The summed E-state index contributed by atoms with van der Waals surface area (Å²) < 4.78 is 21.3. The molecule has 0 spiro atoms. The Morgan fingerprint density at radius 2 is 1.82 bits per heavy atom. The number of nitrogens with zero attached hydrogens (tertiary/aromatic N) is 1. The van der Waals surface area contributed by atoms with Crippen LogP contribution in [0.4, 0.5) is 5.69 Å². The topological polar surface area (TPSA) is 92.5 Å². The molecule has 22 heavy (non-hydrogen) atoms. The molecule has 7 heteroatoms. The maximum absolute atomic E-state index is 10.9. The van der Waals surface area contributed by atoms with Gasteiger partial charge >= 0.3 is 0 Å². The van der Waals surface area contributed by atoms with Crippen LogP contribution in [0.5, 0.6) is 0 Å². The van der Waals surface area contributed by atoms with E-state index in [0.29, 0.717) is 13.2 Å². The number of nitrogens with two attached hydrogens (primary N) is 1. The molecule has 1 fully saturated rings. The monoisotopic (exact) mass is 317 g/mol. The third-order valence-electron chi connectivity index (χ3n) is 3.52. The summed E-state index contributed by atoms with van der Waals surface area (Å²) in [6.07, 6.45) is 0. The normalized spacial score (nSPS) is 15.0. The van der Waals surface area contributed by atoms with Gasteiger partial charge in [-0.1, -0.05) is 30.3 Å². The lowest BCUT2D eigenvalue weighted by Crippen LogP contribution is -2.20. The van der Waals surface area contributed by atoms with Crippen molar-refractivity contribution >= 4 is 21.6 Å². The number of sulfonamides is 1. The number of nitrogens with one attached hydrogen (secondary N) is 1. The van der Waals surface area contributed by atoms with Crippen molar-refractivity contribution in [3.63, 3.8) is 0 Å². The highest BCUT2D eigenvalue weighted by Crippen LogP contribution is 2.38. The summed E-state index contributed by atoms with van der Waals surface area (Å²) in [6, 6.07) is 15.1. The molecule has 3 N–H and O–H groups in total. The highest BCUT2D eigenvalue weighted by Gasteiger charge is 2.23. The van der Waals surface area contributed by atoms with Crippen molar-refractivity contribution in [3.05, 3.63) is 48.5 Å². The van der Waals surface area contributed by atoms with E-state index in [9.17, 15) is 13.2 Å². The lowest BCUT2D eigenvalue weighted by Gasteiger charge is -2.18. The molecule has 1 aromatic rings. The molecule has 1 amide bonds. The maximum atomic E-state index is 10.9. The number of amides is 1. The molecule has 114 valence electrons. The summed E-state index contributed by atoms with van der Waals surface area (Å²) in [5, 5.41) is 7.62. The van der Waals surface area contributed by atoms with Gasteiger partial charge in [0.25, 0.3) is 0 Å². The molecule has 0 atom stereocenters. The Hall–Kier alpha value is -2.38. The molecule has 0 bridgehead atoms. The third kappa shape index (κ3) is 2.81. The Morgan fingerprint density at radius 1 is 1.09 bits per heavy atom. The van der Waals surface area contributed by atoms with Gasteiger partial charge in [0.15, 0.2) is 0 Å². The SMILES string of the molecule is NS(=O)(=O)c1cc2ccc1-2.O=C1CN(c2ccccc2)CN1. The molecule has 0 aromatic heterocycles. The van der Waals surface area contributed by atoms with E-state index in [4.69, 9.17) is 5.14 Å². The minimum atomic E-state index is -3.44. The molecule has 0 radical (unpaired) electrons. The average Bonchev–Trinajstić information content (AvgIpc) is 2.89. The maximum Gasteiger partial charge on any atom is 0.240 e. The standard InChI is InChI=1S/C9H10N2O.C6H5NO2S/c12-9-6-11(7-10-9)8-4-2-1-3-5-8;7-10(8,9)6-3-4-1-2-5(4)6/h1-5H,6-7H2,(H,10,12);1-3H,(H2,7,8,9). The van der Waals surface area contributed by atoms with Crippen molar-refractivity contribution in [1.29, 1.82) is 0 Å². The van der Waals surface area contributed by atoms with Crippen LogP contribution >= 0.6 is 0 Å². The quantitative estimate of drug-likeness (QED) is 0.734. The number of hydrogen-bond acceptors (Lipinski definition) is 4. The number of benzene rings is 2. The smallest absolute Gasteiger partial charge is 0.240 e. The van der Waals surface area contributed by atoms with Gasteiger partial charge < -0.3 is 10.2 Å². The Bertz CT molecular complexity index is 819. The number of anilines is 1. The van der Waals surface area contributed by atoms with Gasteiger partial charge in [0.2, 0.25) is 15.9 Å². The summed E-state index contributed by atoms with van der Waals surface area (Å²) >= 11 is 0. The highest BCUT2D eigenvalue weighted by molar-refractivity contribution is 7.89. The van der Waals surface area contributed by atoms with E-state index in [1.54, 1.807) is 12.1 Å². The predicted molar refractivity (Wildman–Crippen MR) is 83.6 cm³/mol. The van der Waals surface area contributed by atoms with Crippen molar-refractivity contribution < 1.29 is 13.2 Å². The summed E-state index contributed by atoms with van der Waals surface area (Å²) in [5.74, 6) is 0.0962. The second-order valence-electron chi connectivity index (χ2n) is 5.05. The first-order chi connectivity index (χ1) is 10.4. The molecule has 0 unspecified atom stereocenters. The van der Waals surface area contributed by atoms with Crippen LogP contribution in [0.15, 0.2) is 53.4 Å². The minimum Gasteiger partial charge on any atom is -0.345 e. The number of rotatable bonds is 2. The zero-order valence-corrected chi connectivity index (χ0v) is 12.5. The first-order valence-corrected chi connectivity index (χ1v) is 8.24. The lowest BCUT2D eigenvalue weighted by molar-refractivity contribution is -0.118. The molecule has 1 aromatic carbocycles. The Balaban J connectivity index is 0.000000133. The van der Waals surface area contributed by atoms with Gasteiger partial charge in [-0.3, -0.25) is 4.79 Å².